The molecule has 122 valence electrons. The van der Waals surface area contributed by atoms with E-state index in [0.29, 0.717) is 12.5 Å². The first-order chi connectivity index (χ1) is 11.2. The van der Waals surface area contributed by atoms with Crippen molar-refractivity contribution < 1.29 is 10.2 Å². The summed E-state index contributed by atoms with van der Waals surface area (Å²) in [7, 11) is 0. The molecule has 3 nitrogen and oxygen atoms in total. The van der Waals surface area contributed by atoms with Crippen LogP contribution in [-0.2, 0) is 6.54 Å². The summed E-state index contributed by atoms with van der Waals surface area (Å²) < 4.78 is 0. The lowest BCUT2D eigenvalue weighted by molar-refractivity contribution is 0.216. The molecular formula is C20H25NO2. The highest BCUT2D eigenvalue weighted by molar-refractivity contribution is 5.48. The van der Waals surface area contributed by atoms with Crippen LogP contribution in [0.5, 0.6) is 5.75 Å². The van der Waals surface area contributed by atoms with Gasteiger partial charge in [0.1, 0.15) is 11.9 Å². The Morgan fingerprint density at radius 1 is 1.04 bits per heavy atom. The third-order valence-corrected chi connectivity index (χ3v) is 4.91. The lowest BCUT2D eigenvalue weighted by Gasteiger charge is -2.27. The third kappa shape index (κ3) is 3.41. The molecule has 0 aromatic heterocycles. The van der Waals surface area contributed by atoms with Crippen LogP contribution in [-0.4, -0.2) is 10.2 Å². The van der Waals surface area contributed by atoms with Gasteiger partial charge in [0.25, 0.3) is 0 Å². The summed E-state index contributed by atoms with van der Waals surface area (Å²) in [5, 5.41) is 21.5. The Hall–Kier alpha value is -1.84. The zero-order valence-corrected chi connectivity index (χ0v) is 13.4. The van der Waals surface area contributed by atoms with Gasteiger partial charge in [-0.15, -0.1) is 0 Å². The largest absolute Gasteiger partial charge is 0.508 e. The fourth-order valence-electron chi connectivity index (χ4n) is 3.72. The van der Waals surface area contributed by atoms with Crippen LogP contribution in [0, 0.1) is 0 Å². The number of rotatable bonds is 4. The standard InChI is InChI=1S/C20H25NO2/c21-13-14-11-17(20(23)16-9-5-2-6-10-16)19(18(22)12-14)15-7-3-1-4-8-15/h2,5-6,9-12,15,20,22-23H,1,3-4,7-8,13,21H2. The lowest BCUT2D eigenvalue weighted by atomic mass is 9.79. The molecule has 0 spiro atoms. The number of hydrogen-bond acceptors (Lipinski definition) is 3. The van der Waals surface area contributed by atoms with Crippen molar-refractivity contribution in [2.45, 2.75) is 50.7 Å². The molecule has 4 N–H and O–H groups in total. The second-order valence-corrected chi connectivity index (χ2v) is 6.47. The fourth-order valence-corrected chi connectivity index (χ4v) is 3.72. The quantitative estimate of drug-likeness (QED) is 0.800. The lowest BCUT2D eigenvalue weighted by Crippen LogP contribution is -2.12. The molecule has 3 rings (SSSR count). The summed E-state index contributed by atoms with van der Waals surface area (Å²) in [6.07, 6.45) is 5.04. The Morgan fingerprint density at radius 2 is 1.74 bits per heavy atom. The van der Waals surface area contributed by atoms with Crippen molar-refractivity contribution >= 4 is 0 Å². The maximum Gasteiger partial charge on any atom is 0.119 e. The van der Waals surface area contributed by atoms with Crippen molar-refractivity contribution in [2.75, 3.05) is 0 Å². The Kier molecular flexibility index (Phi) is 4.99. The topological polar surface area (TPSA) is 66.5 Å². The van der Waals surface area contributed by atoms with Crippen LogP contribution in [0.2, 0.25) is 0 Å². The second kappa shape index (κ2) is 7.16. The molecule has 0 aliphatic heterocycles. The van der Waals surface area contributed by atoms with Gasteiger partial charge in [-0.1, -0.05) is 55.7 Å². The number of aliphatic hydroxyl groups excluding tert-OH is 1. The SMILES string of the molecule is NCc1cc(O)c(C2CCCCC2)c(C(O)c2ccccc2)c1. The van der Waals surface area contributed by atoms with E-state index in [4.69, 9.17) is 5.73 Å². The van der Waals surface area contributed by atoms with E-state index in [1.54, 1.807) is 6.07 Å². The van der Waals surface area contributed by atoms with Gasteiger partial charge in [-0.05, 0) is 41.5 Å². The first kappa shape index (κ1) is 16.0. The van der Waals surface area contributed by atoms with Crippen LogP contribution in [0.1, 0.15) is 66.4 Å². The highest BCUT2D eigenvalue weighted by Crippen LogP contribution is 2.42. The molecule has 1 fully saturated rings. The number of nitrogens with two attached hydrogens (primary N) is 1. The zero-order chi connectivity index (χ0) is 16.2. The first-order valence-electron chi connectivity index (χ1n) is 8.49. The Morgan fingerprint density at radius 3 is 2.39 bits per heavy atom. The molecule has 3 heteroatoms. The summed E-state index contributed by atoms with van der Waals surface area (Å²) in [6.45, 7) is 0.354. The van der Waals surface area contributed by atoms with E-state index in [1.807, 2.05) is 36.4 Å². The van der Waals surface area contributed by atoms with Crippen LogP contribution in [0.15, 0.2) is 42.5 Å². The van der Waals surface area contributed by atoms with Crippen LogP contribution >= 0.6 is 0 Å². The van der Waals surface area contributed by atoms with Gasteiger partial charge in [0.15, 0.2) is 0 Å². The smallest absolute Gasteiger partial charge is 0.119 e. The van der Waals surface area contributed by atoms with Crippen molar-refractivity contribution in [2.24, 2.45) is 5.73 Å². The Balaban J connectivity index is 2.07. The van der Waals surface area contributed by atoms with Gasteiger partial charge >= 0.3 is 0 Å². The van der Waals surface area contributed by atoms with Crippen molar-refractivity contribution in [3.8, 4) is 5.75 Å². The molecule has 23 heavy (non-hydrogen) atoms. The number of aliphatic hydroxyl groups is 1. The molecule has 1 aliphatic rings. The first-order valence-corrected chi connectivity index (χ1v) is 8.49. The van der Waals surface area contributed by atoms with E-state index in [2.05, 4.69) is 0 Å². The number of benzene rings is 2. The Labute approximate surface area is 137 Å². The molecule has 0 bridgehead atoms. The van der Waals surface area contributed by atoms with Crippen LogP contribution in [0.25, 0.3) is 0 Å². The minimum Gasteiger partial charge on any atom is -0.508 e. The van der Waals surface area contributed by atoms with Gasteiger partial charge in [-0.3, -0.25) is 0 Å². The number of aromatic hydroxyl groups is 1. The van der Waals surface area contributed by atoms with Crippen LogP contribution in [0.3, 0.4) is 0 Å². The van der Waals surface area contributed by atoms with E-state index in [1.165, 1.54) is 19.3 Å². The minimum absolute atomic E-state index is 0.282. The van der Waals surface area contributed by atoms with Crippen molar-refractivity contribution in [1.82, 2.24) is 0 Å². The second-order valence-electron chi connectivity index (χ2n) is 6.47. The molecule has 0 saturated heterocycles. The van der Waals surface area contributed by atoms with E-state index < -0.39 is 6.10 Å². The minimum atomic E-state index is -0.731. The van der Waals surface area contributed by atoms with E-state index in [-0.39, 0.29) is 5.75 Å². The van der Waals surface area contributed by atoms with Crippen molar-refractivity contribution in [3.63, 3.8) is 0 Å². The van der Waals surface area contributed by atoms with Gasteiger partial charge in [0.2, 0.25) is 0 Å². The van der Waals surface area contributed by atoms with Crippen LogP contribution in [0.4, 0.5) is 0 Å². The van der Waals surface area contributed by atoms with Gasteiger partial charge in [0.05, 0.1) is 0 Å². The van der Waals surface area contributed by atoms with Gasteiger partial charge < -0.3 is 15.9 Å². The highest BCUT2D eigenvalue weighted by Gasteiger charge is 2.26. The zero-order valence-electron chi connectivity index (χ0n) is 13.4. The molecule has 1 saturated carbocycles. The van der Waals surface area contributed by atoms with Crippen molar-refractivity contribution in [3.05, 3.63) is 64.7 Å². The summed E-state index contributed by atoms with van der Waals surface area (Å²) in [6, 6.07) is 13.3. The van der Waals surface area contributed by atoms with Gasteiger partial charge in [-0.2, -0.15) is 0 Å². The predicted molar refractivity (Wildman–Crippen MR) is 92.3 cm³/mol. The molecule has 1 aliphatic carbocycles. The monoisotopic (exact) mass is 311 g/mol. The fraction of sp³-hybridized carbons (Fsp3) is 0.400. The van der Waals surface area contributed by atoms with Gasteiger partial charge in [-0.25, -0.2) is 0 Å². The summed E-state index contributed by atoms with van der Waals surface area (Å²) in [4.78, 5) is 0. The Bertz CT molecular complexity index is 648. The summed E-state index contributed by atoms with van der Waals surface area (Å²) in [5.41, 5.74) is 9.19. The molecule has 2 aromatic rings. The molecule has 0 radical (unpaired) electrons. The van der Waals surface area contributed by atoms with Gasteiger partial charge in [0, 0.05) is 12.1 Å². The van der Waals surface area contributed by atoms with E-state index >= 15 is 0 Å². The van der Waals surface area contributed by atoms with E-state index in [9.17, 15) is 10.2 Å². The normalized spacial score (nSPS) is 17.1. The number of phenols is 1. The summed E-state index contributed by atoms with van der Waals surface area (Å²) in [5.74, 6) is 0.605. The molecule has 2 aromatic carbocycles. The number of hydrogen-bond donors (Lipinski definition) is 3. The molecule has 0 amide bonds. The molecule has 0 heterocycles. The average Bonchev–Trinajstić information content (AvgIpc) is 2.61. The molecular weight excluding hydrogens is 286 g/mol. The third-order valence-electron chi connectivity index (χ3n) is 4.91. The predicted octanol–water partition coefficient (Wildman–Crippen LogP) is 3.98. The highest BCUT2D eigenvalue weighted by atomic mass is 16.3. The molecule has 1 atom stereocenters. The molecule has 1 unspecified atom stereocenters. The summed E-state index contributed by atoms with van der Waals surface area (Å²) >= 11 is 0. The maximum atomic E-state index is 10.9. The van der Waals surface area contributed by atoms with Crippen molar-refractivity contribution in [1.29, 1.82) is 0 Å². The average molecular weight is 311 g/mol. The van der Waals surface area contributed by atoms with E-state index in [0.717, 1.165) is 35.1 Å². The number of phenolic OH excluding ortho intramolecular Hbond substituents is 1. The maximum absolute atomic E-state index is 10.9. The van der Waals surface area contributed by atoms with Crippen LogP contribution < -0.4 is 5.73 Å².